The van der Waals surface area contributed by atoms with Gasteiger partial charge in [0.2, 0.25) is 0 Å². The highest BCUT2D eigenvalue weighted by Crippen LogP contribution is 2.33. The van der Waals surface area contributed by atoms with Crippen LogP contribution < -0.4 is 5.32 Å². The van der Waals surface area contributed by atoms with Gasteiger partial charge in [-0.1, -0.05) is 30.3 Å². The molecule has 1 N–H and O–H groups in total. The van der Waals surface area contributed by atoms with Gasteiger partial charge in [0.1, 0.15) is 5.60 Å². The molecule has 0 aliphatic carbocycles. The summed E-state index contributed by atoms with van der Waals surface area (Å²) in [4.78, 5) is 30.6. The molecule has 0 saturated carbocycles. The van der Waals surface area contributed by atoms with Gasteiger partial charge in [-0.3, -0.25) is 9.67 Å². The SMILES string of the molecule is COC(=O)c1ccncc1Nc1nn(C2CCN(C(=O)OC(C)(C)C)CC2)cc1-c1ccccc1. The highest BCUT2D eigenvalue weighted by atomic mass is 16.6. The Kier molecular flexibility index (Phi) is 7.04. The molecule has 1 aliphatic heterocycles. The number of esters is 1. The molecule has 4 rings (SSSR count). The summed E-state index contributed by atoms with van der Waals surface area (Å²) >= 11 is 0. The highest BCUT2D eigenvalue weighted by molar-refractivity contribution is 5.96. The number of benzene rings is 1. The van der Waals surface area contributed by atoms with Gasteiger partial charge in [0.05, 0.1) is 30.6 Å². The first kappa shape index (κ1) is 24.3. The molecule has 2 aromatic heterocycles. The minimum atomic E-state index is -0.517. The number of rotatable bonds is 5. The number of nitrogens with zero attached hydrogens (tertiary/aromatic N) is 4. The van der Waals surface area contributed by atoms with Gasteiger partial charge in [0.15, 0.2) is 5.82 Å². The van der Waals surface area contributed by atoms with Crippen molar-refractivity contribution in [2.75, 3.05) is 25.5 Å². The van der Waals surface area contributed by atoms with Crippen LogP contribution in [0.5, 0.6) is 0 Å². The van der Waals surface area contributed by atoms with Gasteiger partial charge in [-0.15, -0.1) is 0 Å². The third-order valence-corrected chi connectivity index (χ3v) is 5.79. The number of hydrogen-bond acceptors (Lipinski definition) is 7. The van der Waals surface area contributed by atoms with Crippen molar-refractivity contribution in [1.29, 1.82) is 0 Å². The van der Waals surface area contributed by atoms with Crippen LogP contribution in [0.2, 0.25) is 0 Å². The molecule has 1 aromatic carbocycles. The van der Waals surface area contributed by atoms with Crippen LogP contribution >= 0.6 is 0 Å². The number of carbonyl (C=O) groups excluding carboxylic acids is 2. The van der Waals surface area contributed by atoms with Gasteiger partial charge in [-0.2, -0.15) is 5.10 Å². The first-order chi connectivity index (χ1) is 16.7. The van der Waals surface area contributed by atoms with E-state index in [0.29, 0.717) is 30.2 Å². The molecule has 184 valence electrons. The Bertz CT molecular complexity index is 1180. The van der Waals surface area contributed by atoms with Crippen LogP contribution in [-0.2, 0) is 9.47 Å². The van der Waals surface area contributed by atoms with Gasteiger partial charge < -0.3 is 19.7 Å². The van der Waals surface area contributed by atoms with E-state index in [2.05, 4.69) is 10.3 Å². The van der Waals surface area contributed by atoms with Crippen LogP contribution in [0.1, 0.15) is 50.0 Å². The maximum absolute atomic E-state index is 12.4. The van der Waals surface area contributed by atoms with Gasteiger partial charge >= 0.3 is 12.1 Å². The molecule has 35 heavy (non-hydrogen) atoms. The molecule has 0 radical (unpaired) electrons. The summed E-state index contributed by atoms with van der Waals surface area (Å²) in [5.74, 6) is 0.161. The Morgan fingerprint density at radius 3 is 2.46 bits per heavy atom. The summed E-state index contributed by atoms with van der Waals surface area (Å²) in [6.07, 6.45) is 6.38. The van der Waals surface area contributed by atoms with Crippen molar-refractivity contribution in [1.82, 2.24) is 19.7 Å². The largest absolute Gasteiger partial charge is 0.465 e. The quantitative estimate of drug-likeness (QED) is 0.514. The summed E-state index contributed by atoms with van der Waals surface area (Å²) in [5, 5.41) is 8.14. The molecular formula is C26H31N5O4. The smallest absolute Gasteiger partial charge is 0.410 e. The number of likely N-dealkylation sites (tertiary alicyclic amines) is 1. The number of anilines is 2. The highest BCUT2D eigenvalue weighted by Gasteiger charge is 2.28. The number of piperidine rings is 1. The van der Waals surface area contributed by atoms with E-state index in [1.807, 2.05) is 62.0 Å². The monoisotopic (exact) mass is 477 g/mol. The van der Waals surface area contributed by atoms with E-state index in [0.717, 1.165) is 24.0 Å². The van der Waals surface area contributed by atoms with Crippen molar-refractivity contribution < 1.29 is 19.1 Å². The lowest BCUT2D eigenvalue weighted by atomic mass is 10.1. The van der Waals surface area contributed by atoms with E-state index in [4.69, 9.17) is 14.6 Å². The lowest BCUT2D eigenvalue weighted by molar-refractivity contribution is 0.0184. The normalized spacial score (nSPS) is 14.5. The number of methoxy groups -OCH3 is 1. The summed E-state index contributed by atoms with van der Waals surface area (Å²) in [7, 11) is 1.35. The molecule has 0 unspecified atom stereocenters. The van der Waals surface area contributed by atoms with Crippen molar-refractivity contribution >= 4 is 23.6 Å². The summed E-state index contributed by atoms with van der Waals surface area (Å²) in [5.41, 5.74) is 2.27. The van der Waals surface area contributed by atoms with Crippen LogP contribution in [0.25, 0.3) is 11.1 Å². The predicted octanol–water partition coefficient (Wildman–Crippen LogP) is 5.05. The van der Waals surface area contributed by atoms with E-state index in [-0.39, 0.29) is 12.1 Å². The molecule has 3 aromatic rings. The second-order valence-electron chi connectivity index (χ2n) is 9.47. The summed E-state index contributed by atoms with van der Waals surface area (Å²) in [6.45, 7) is 6.80. The molecule has 1 aliphatic rings. The second-order valence-corrected chi connectivity index (χ2v) is 9.47. The molecule has 0 spiro atoms. The first-order valence-corrected chi connectivity index (χ1v) is 11.7. The predicted molar refractivity (Wildman–Crippen MR) is 133 cm³/mol. The van der Waals surface area contributed by atoms with E-state index in [1.54, 1.807) is 23.4 Å². The average molecular weight is 478 g/mol. The standard InChI is InChI=1S/C26H31N5O4/c1-26(2,3)35-25(33)30-14-11-19(12-15-30)31-17-21(18-8-6-5-7-9-18)23(29-31)28-22-16-27-13-10-20(22)24(32)34-4/h5-10,13,16-17,19H,11-12,14-15H2,1-4H3,(H,28,29). The zero-order valence-corrected chi connectivity index (χ0v) is 20.5. The summed E-state index contributed by atoms with van der Waals surface area (Å²) < 4.78 is 12.4. The van der Waals surface area contributed by atoms with E-state index in [1.165, 1.54) is 7.11 Å². The Balaban J connectivity index is 1.58. The molecule has 3 heterocycles. The molecule has 1 fully saturated rings. The molecule has 0 atom stereocenters. The number of carbonyl (C=O) groups is 2. The molecule has 0 bridgehead atoms. The fourth-order valence-electron chi connectivity index (χ4n) is 4.05. The number of aromatic nitrogens is 3. The van der Waals surface area contributed by atoms with Gasteiger partial charge in [0.25, 0.3) is 0 Å². The third kappa shape index (κ3) is 5.79. The van der Waals surface area contributed by atoms with Crippen molar-refractivity contribution in [3.63, 3.8) is 0 Å². The minimum absolute atomic E-state index is 0.126. The zero-order chi connectivity index (χ0) is 25.0. The number of amides is 1. The Hall–Kier alpha value is -3.88. The van der Waals surface area contributed by atoms with E-state index in [9.17, 15) is 9.59 Å². The van der Waals surface area contributed by atoms with Crippen LogP contribution in [0.15, 0.2) is 55.0 Å². The van der Waals surface area contributed by atoms with Gasteiger partial charge in [0, 0.05) is 31.0 Å². The zero-order valence-electron chi connectivity index (χ0n) is 20.5. The van der Waals surface area contributed by atoms with Crippen molar-refractivity contribution in [2.24, 2.45) is 0 Å². The van der Waals surface area contributed by atoms with Crippen molar-refractivity contribution in [2.45, 2.75) is 45.3 Å². The van der Waals surface area contributed by atoms with E-state index < -0.39 is 11.6 Å². The Morgan fingerprint density at radius 1 is 1.09 bits per heavy atom. The Labute approximate surface area is 205 Å². The van der Waals surface area contributed by atoms with Gasteiger partial charge in [-0.05, 0) is 45.2 Å². The summed E-state index contributed by atoms with van der Waals surface area (Å²) in [6, 6.07) is 11.7. The molecule has 9 nitrogen and oxygen atoms in total. The number of nitrogens with one attached hydrogen (secondary N) is 1. The second kappa shape index (κ2) is 10.2. The molecule has 1 amide bonds. The van der Waals surface area contributed by atoms with Crippen molar-refractivity contribution in [3.8, 4) is 11.1 Å². The maximum atomic E-state index is 12.4. The van der Waals surface area contributed by atoms with Gasteiger partial charge in [-0.25, -0.2) is 9.59 Å². The van der Waals surface area contributed by atoms with Crippen LogP contribution in [0.4, 0.5) is 16.3 Å². The molecule has 1 saturated heterocycles. The fraction of sp³-hybridized carbons (Fsp3) is 0.385. The van der Waals surface area contributed by atoms with Crippen LogP contribution in [0, 0.1) is 0 Å². The maximum Gasteiger partial charge on any atom is 0.410 e. The molecule has 9 heteroatoms. The van der Waals surface area contributed by atoms with Crippen LogP contribution in [-0.4, -0.2) is 57.5 Å². The minimum Gasteiger partial charge on any atom is -0.465 e. The lowest BCUT2D eigenvalue weighted by Crippen LogP contribution is -2.42. The molecular weight excluding hydrogens is 446 g/mol. The topological polar surface area (TPSA) is 98.6 Å². The van der Waals surface area contributed by atoms with E-state index >= 15 is 0 Å². The lowest BCUT2D eigenvalue weighted by Gasteiger charge is -2.33. The van der Waals surface area contributed by atoms with Crippen LogP contribution in [0.3, 0.4) is 0 Å². The fourth-order valence-corrected chi connectivity index (χ4v) is 4.05. The number of hydrogen-bond donors (Lipinski definition) is 1. The van der Waals surface area contributed by atoms with Crippen molar-refractivity contribution in [3.05, 3.63) is 60.6 Å². The average Bonchev–Trinajstić information content (AvgIpc) is 3.27. The number of pyridine rings is 1. The number of ether oxygens (including phenoxy) is 2. The third-order valence-electron chi connectivity index (χ3n) is 5.79. The first-order valence-electron chi connectivity index (χ1n) is 11.7. The Morgan fingerprint density at radius 2 is 1.80 bits per heavy atom.